The maximum atomic E-state index is 9.79. The molecule has 78 valence electrons. The van der Waals surface area contributed by atoms with Crippen LogP contribution in [0.25, 0.3) is 0 Å². The fraction of sp³-hybridized carbons (Fsp3) is 1.00. The van der Waals surface area contributed by atoms with Crippen LogP contribution in [0, 0.1) is 5.92 Å². The van der Waals surface area contributed by atoms with Crippen molar-refractivity contribution in [3.8, 4) is 0 Å². The Morgan fingerprint density at radius 1 is 1.38 bits per heavy atom. The molecule has 2 unspecified atom stereocenters. The second kappa shape index (κ2) is 4.37. The van der Waals surface area contributed by atoms with Crippen molar-refractivity contribution in [3.05, 3.63) is 0 Å². The molecule has 0 aromatic rings. The number of rotatable bonds is 2. The molecule has 1 aliphatic heterocycles. The molecule has 1 fully saturated rings. The molecule has 13 heavy (non-hydrogen) atoms. The molecule has 0 aromatic heterocycles. The molecule has 0 aliphatic carbocycles. The Morgan fingerprint density at radius 2 is 2.00 bits per heavy atom. The number of hydrogen-bond donors (Lipinski definition) is 2. The van der Waals surface area contributed by atoms with E-state index < -0.39 is 18.3 Å². The lowest BCUT2D eigenvalue weighted by molar-refractivity contribution is -0.208. The molecule has 0 bridgehead atoms. The van der Waals surface area contributed by atoms with Crippen LogP contribution in [-0.4, -0.2) is 48.3 Å². The van der Waals surface area contributed by atoms with Crippen molar-refractivity contribution in [2.75, 3.05) is 13.7 Å². The summed E-state index contributed by atoms with van der Waals surface area (Å²) in [5, 5.41) is 18.8. The second-order valence-corrected chi connectivity index (χ2v) is 3.61. The standard InChI is InChI=1S/C9H18O4/c1-5-6(2)13-7(4-10)9(12-3)8(5)11/h5-11H,4H2,1-3H3/t5?,6-,7?,8+,9+/m0/s1. The van der Waals surface area contributed by atoms with E-state index in [0.717, 1.165) is 0 Å². The first-order valence-corrected chi connectivity index (χ1v) is 4.59. The highest BCUT2D eigenvalue weighted by Crippen LogP contribution is 2.26. The molecule has 1 heterocycles. The maximum absolute atomic E-state index is 9.79. The zero-order valence-corrected chi connectivity index (χ0v) is 8.30. The van der Waals surface area contributed by atoms with Crippen LogP contribution in [0.1, 0.15) is 13.8 Å². The Balaban J connectivity index is 2.69. The summed E-state index contributed by atoms with van der Waals surface area (Å²) in [4.78, 5) is 0. The molecular weight excluding hydrogens is 172 g/mol. The molecule has 5 atom stereocenters. The van der Waals surface area contributed by atoms with Crippen LogP contribution in [0.5, 0.6) is 0 Å². The number of aliphatic hydroxyl groups is 2. The molecule has 0 aromatic carbocycles. The number of methoxy groups -OCH3 is 1. The van der Waals surface area contributed by atoms with Crippen molar-refractivity contribution in [2.45, 2.75) is 38.3 Å². The van der Waals surface area contributed by atoms with Gasteiger partial charge < -0.3 is 19.7 Å². The highest BCUT2D eigenvalue weighted by molar-refractivity contribution is 4.89. The van der Waals surface area contributed by atoms with Gasteiger partial charge in [0.25, 0.3) is 0 Å². The second-order valence-electron chi connectivity index (χ2n) is 3.61. The molecule has 2 N–H and O–H groups in total. The van der Waals surface area contributed by atoms with E-state index in [1.165, 1.54) is 7.11 Å². The molecule has 0 amide bonds. The summed E-state index contributed by atoms with van der Waals surface area (Å²) in [5.41, 5.74) is 0. The highest BCUT2D eigenvalue weighted by Gasteiger charge is 2.40. The monoisotopic (exact) mass is 190 g/mol. The Hall–Kier alpha value is -0.160. The van der Waals surface area contributed by atoms with Crippen LogP contribution in [0.3, 0.4) is 0 Å². The molecule has 4 nitrogen and oxygen atoms in total. The fourth-order valence-corrected chi connectivity index (χ4v) is 1.71. The van der Waals surface area contributed by atoms with E-state index >= 15 is 0 Å². The topological polar surface area (TPSA) is 58.9 Å². The molecule has 4 heteroatoms. The van der Waals surface area contributed by atoms with Gasteiger partial charge in [-0.25, -0.2) is 0 Å². The third-order valence-corrected chi connectivity index (χ3v) is 2.82. The lowest BCUT2D eigenvalue weighted by Crippen LogP contribution is -2.54. The lowest BCUT2D eigenvalue weighted by Gasteiger charge is -2.41. The Bertz CT molecular complexity index is 160. The zero-order chi connectivity index (χ0) is 10.0. The van der Waals surface area contributed by atoms with Gasteiger partial charge in [-0.1, -0.05) is 6.92 Å². The minimum absolute atomic E-state index is 0.0350. The van der Waals surface area contributed by atoms with Gasteiger partial charge >= 0.3 is 0 Å². The SMILES string of the molecule is CO[C@@H]1C(CO)O[C@@H](C)C(C)[C@H]1O. The normalized spacial score (nSPS) is 46.4. The van der Waals surface area contributed by atoms with Gasteiger partial charge in [-0.05, 0) is 6.92 Å². The van der Waals surface area contributed by atoms with Gasteiger partial charge in [-0.3, -0.25) is 0 Å². The number of aliphatic hydroxyl groups excluding tert-OH is 2. The van der Waals surface area contributed by atoms with Crippen LogP contribution in [0.15, 0.2) is 0 Å². The van der Waals surface area contributed by atoms with E-state index in [9.17, 15) is 5.11 Å². The van der Waals surface area contributed by atoms with Crippen molar-refractivity contribution >= 4 is 0 Å². The maximum Gasteiger partial charge on any atom is 0.112 e. The van der Waals surface area contributed by atoms with Gasteiger partial charge in [0.2, 0.25) is 0 Å². The number of ether oxygens (including phenoxy) is 2. The van der Waals surface area contributed by atoms with Crippen LogP contribution in [-0.2, 0) is 9.47 Å². The van der Waals surface area contributed by atoms with Crippen molar-refractivity contribution < 1.29 is 19.7 Å². The van der Waals surface area contributed by atoms with E-state index in [0.29, 0.717) is 0 Å². The largest absolute Gasteiger partial charge is 0.394 e. The van der Waals surface area contributed by atoms with Crippen molar-refractivity contribution in [2.24, 2.45) is 5.92 Å². The van der Waals surface area contributed by atoms with E-state index in [1.54, 1.807) is 0 Å². The van der Waals surface area contributed by atoms with Crippen LogP contribution >= 0.6 is 0 Å². The van der Waals surface area contributed by atoms with Crippen molar-refractivity contribution in [3.63, 3.8) is 0 Å². The van der Waals surface area contributed by atoms with Gasteiger partial charge in [0.1, 0.15) is 12.2 Å². The first-order chi connectivity index (χ1) is 6.11. The summed E-state index contributed by atoms with van der Waals surface area (Å²) in [6, 6.07) is 0. The van der Waals surface area contributed by atoms with E-state index in [4.69, 9.17) is 14.6 Å². The summed E-state index contributed by atoms with van der Waals surface area (Å²) in [6.07, 6.45) is -1.44. The quantitative estimate of drug-likeness (QED) is 0.632. The summed E-state index contributed by atoms with van der Waals surface area (Å²) in [5.74, 6) is 0.0350. The minimum Gasteiger partial charge on any atom is -0.394 e. The number of hydrogen-bond acceptors (Lipinski definition) is 4. The predicted molar refractivity (Wildman–Crippen MR) is 47.4 cm³/mol. The Labute approximate surface area is 78.5 Å². The average molecular weight is 190 g/mol. The summed E-state index contributed by atoms with van der Waals surface area (Å²) in [7, 11) is 1.52. The predicted octanol–water partition coefficient (Wildman–Crippen LogP) is -0.222. The van der Waals surface area contributed by atoms with Gasteiger partial charge in [-0.2, -0.15) is 0 Å². The first kappa shape index (κ1) is 10.9. The third kappa shape index (κ3) is 2.02. The van der Waals surface area contributed by atoms with Crippen molar-refractivity contribution in [1.29, 1.82) is 0 Å². The van der Waals surface area contributed by atoms with Crippen LogP contribution in [0.4, 0.5) is 0 Å². The molecule has 0 spiro atoms. The van der Waals surface area contributed by atoms with Crippen LogP contribution < -0.4 is 0 Å². The van der Waals surface area contributed by atoms with Gasteiger partial charge in [0.15, 0.2) is 0 Å². The summed E-state index contributed by atoms with van der Waals surface area (Å²) < 4.78 is 10.6. The van der Waals surface area contributed by atoms with E-state index in [1.807, 2.05) is 13.8 Å². The minimum atomic E-state index is -0.564. The molecule has 0 radical (unpaired) electrons. The molecule has 1 saturated heterocycles. The molecular formula is C9H18O4. The average Bonchev–Trinajstić information content (AvgIpc) is 2.13. The van der Waals surface area contributed by atoms with Crippen LogP contribution in [0.2, 0.25) is 0 Å². The van der Waals surface area contributed by atoms with E-state index in [2.05, 4.69) is 0 Å². The lowest BCUT2D eigenvalue weighted by atomic mass is 9.89. The highest BCUT2D eigenvalue weighted by atomic mass is 16.6. The smallest absolute Gasteiger partial charge is 0.112 e. The first-order valence-electron chi connectivity index (χ1n) is 4.59. The molecule has 1 aliphatic rings. The van der Waals surface area contributed by atoms with Gasteiger partial charge in [-0.15, -0.1) is 0 Å². The van der Waals surface area contributed by atoms with E-state index in [-0.39, 0.29) is 18.6 Å². The zero-order valence-electron chi connectivity index (χ0n) is 8.30. The Morgan fingerprint density at radius 3 is 2.46 bits per heavy atom. The third-order valence-electron chi connectivity index (χ3n) is 2.82. The van der Waals surface area contributed by atoms with Crippen molar-refractivity contribution in [1.82, 2.24) is 0 Å². The van der Waals surface area contributed by atoms with Gasteiger partial charge in [0.05, 0.1) is 18.8 Å². The molecule has 0 saturated carbocycles. The summed E-state index contributed by atoms with van der Waals surface area (Å²) >= 11 is 0. The Kier molecular flexibility index (Phi) is 3.67. The van der Waals surface area contributed by atoms with Gasteiger partial charge in [0, 0.05) is 13.0 Å². The summed E-state index contributed by atoms with van der Waals surface area (Å²) in [6.45, 7) is 3.68. The molecule has 1 rings (SSSR count). The fourth-order valence-electron chi connectivity index (χ4n) is 1.71.